The predicted octanol–water partition coefficient (Wildman–Crippen LogP) is 2.90. The lowest BCUT2D eigenvalue weighted by molar-refractivity contribution is -0.127. The van der Waals surface area contributed by atoms with E-state index in [0.29, 0.717) is 44.0 Å². The number of piperazine rings is 1. The van der Waals surface area contributed by atoms with Gasteiger partial charge in [0.2, 0.25) is 5.91 Å². The Hall–Kier alpha value is -2.86. The van der Waals surface area contributed by atoms with Gasteiger partial charge in [0.1, 0.15) is 5.82 Å². The first kappa shape index (κ1) is 18.9. The van der Waals surface area contributed by atoms with Gasteiger partial charge >= 0.3 is 0 Å². The summed E-state index contributed by atoms with van der Waals surface area (Å²) in [7, 11) is 1.48. The van der Waals surface area contributed by atoms with Crippen LogP contribution in [0.4, 0.5) is 4.39 Å². The van der Waals surface area contributed by atoms with Crippen LogP contribution in [-0.2, 0) is 11.3 Å². The van der Waals surface area contributed by atoms with Crippen molar-refractivity contribution in [3.05, 3.63) is 65.5 Å². The van der Waals surface area contributed by atoms with E-state index in [1.165, 1.54) is 25.3 Å². The molecule has 3 rings (SSSR count). The summed E-state index contributed by atoms with van der Waals surface area (Å²) in [6.45, 7) is 3.19. The van der Waals surface area contributed by atoms with Crippen molar-refractivity contribution in [2.45, 2.75) is 6.54 Å². The molecule has 0 radical (unpaired) electrons. The van der Waals surface area contributed by atoms with Crippen molar-refractivity contribution in [3.8, 4) is 11.5 Å². The molecular weight excluding hydrogens is 347 g/mol. The number of carbonyl (C=O) groups excluding carboxylic acids is 1. The average Bonchev–Trinajstić information content (AvgIpc) is 2.69. The first-order valence-electron chi connectivity index (χ1n) is 8.86. The third-order valence-electron chi connectivity index (χ3n) is 4.66. The van der Waals surface area contributed by atoms with Gasteiger partial charge in [-0.15, -0.1) is 0 Å². The Morgan fingerprint density at radius 3 is 2.63 bits per heavy atom. The fourth-order valence-electron chi connectivity index (χ4n) is 3.06. The predicted molar refractivity (Wildman–Crippen MR) is 102 cm³/mol. The van der Waals surface area contributed by atoms with E-state index in [2.05, 4.69) is 4.90 Å². The van der Waals surface area contributed by atoms with Gasteiger partial charge in [0.15, 0.2) is 11.5 Å². The third-order valence-corrected chi connectivity index (χ3v) is 4.66. The Morgan fingerprint density at radius 2 is 1.93 bits per heavy atom. The fraction of sp³-hybridized carbons (Fsp3) is 0.286. The molecule has 1 N–H and O–H groups in total. The number of benzene rings is 2. The maximum Gasteiger partial charge on any atom is 0.246 e. The van der Waals surface area contributed by atoms with Crippen LogP contribution in [-0.4, -0.2) is 54.1 Å². The number of methoxy groups -OCH3 is 1. The van der Waals surface area contributed by atoms with Crippen molar-refractivity contribution in [2.24, 2.45) is 0 Å². The van der Waals surface area contributed by atoms with Gasteiger partial charge < -0.3 is 14.7 Å². The van der Waals surface area contributed by atoms with Crippen LogP contribution in [0.2, 0.25) is 0 Å². The number of nitrogens with zero attached hydrogens (tertiary/aromatic N) is 2. The summed E-state index contributed by atoms with van der Waals surface area (Å²) >= 11 is 0. The van der Waals surface area contributed by atoms with E-state index >= 15 is 0 Å². The van der Waals surface area contributed by atoms with Gasteiger partial charge in [-0.2, -0.15) is 0 Å². The standard InChI is InChI=1S/C21H23FN2O3/c1-27-20-14-16(6-8-19(20)25)7-9-21(26)24-12-10-23(11-13-24)15-17-4-2-3-5-18(17)22/h2-9,14,25H,10-13,15H2,1H3/b9-7+. The van der Waals surface area contributed by atoms with Crippen molar-refractivity contribution < 1.29 is 19.0 Å². The molecule has 142 valence electrons. The molecular formula is C21H23FN2O3. The SMILES string of the molecule is COc1cc(/C=C/C(=O)N2CCN(Cc3ccccc3F)CC2)ccc1O. The van der Waals surface area contributed by atoms with E-state index in [-0.39, 0.29) is 17.5 Å². The van der Waals surface area contributed by atoms with Gasteiger partial charge in [-0.1, -0.05) is 24.3 Å². The number of phenols is 1. The summed E-state index contributed by atoms with van der Waals surface area (Å²) in [4.78, 5) is 16.3. The van der Waals surface area contributed by atoms with Crippen LogP contribution >= 0.6 is 0 Å². The average molecular weight is 370 g/mol. The topological polar surface area (TPSA) is 53.0 Å². The molecule has 0 unspecified atom stereocenters. The Balaban J connectivity index is 1.53. The largest absolute Gasteiger partial charge is 0.504 e. The summed E-state index contributed by atoms with van der Waals surface area (Å²) in [6, 6.07) is 11.7. The highest BCUT2D eigenvalue weighted by Crippen LogP contribution is 2.26. The number of carbonyl (C=O) groups is 1. The molecule has 2 aromatic carbocycles. The summed E-state index contributed by atoms with van der Waals surface area (Å²) in [5.41, 5.74) is 1.45. The molecule has 0 aliphatic carbocycles. The number of aromatic hydroxyl groups is 1. The second kappa shape index (κ2) is 8.68. The molecule has 0 spiro atoms. The summed E-state index contributed by atoms with van der Waals surface area (Å²) in [5, 5.41) is 9.61. The zero-order valence-corrected chi connectivity index (χ0v) is 15.3. The lowest BCUT2D eigenvalue weighted by Crippen LogP contribution is -2.47. The molecule has 27 heavy (non-hydrogen) atoms. The second-order valence-corrected chi connectivity index (χ2v) is 6.46. The summed E-state index contributed by atoms with van der Waals surface area (Å²) < 4.78 is 18.8. The minimum Gasteiger partial charge on any atom is -0.504 e. The summed E-state index contributed by atoms with van der Waals surface area (Å²) in [6.07, 6.45) is 3.23. The van der Waals surface area contributed by atoms with Crippen LogP contribution in [0.5, 0.6) is 11.5 Å². The fourth-order valence-corrected chi connectivity index (χ4v) is 3.06. The van der Waals surface area contributed by atoms with Crippen molar-refractivity contribution in [1.82, 2.24) is 9.80 Å². The molecule has 1 saturated heterocycles. The Kier molecular flexibility index (Phi) is 6.08. The quantitative estimate of drug-likeness (QED) is 0.823. The zero-order chi connectivity index (χ0) is 19.2. The number of ether oxygens (including phenoxy) is 1. The van der Waals surface area contributed by atoms with Crippen molar-refractivity contribution in [3.63, 3.8) is 0 Å². The molecule has 1 aliphatic heterocycles. The van der Waals surface area contributed by atoms with Gasteiger partial charge in [0, 0.05) is 44.4 Å². The number of hydrogen-bond donors (Lipinski definition) is 1. The lowest BCUT2D eigenvalue weighted by atomic mass is 10.1. The van der Waals surface area contributed by atoms with Gasteiger partial charge in [-0.05, 0) is 29.8 Å². The number of hydrogen-bond acceptors (Lipinski definition) is 4. The van der Waals surface area contributed by atoms with E-state index in [1.807, 2.05) is 6.07 Å². The molecule has 2 aromatic rings. The van der Waals surface area contributed by atoms with Crippen LogP contribution in [0.25, 0.3) is 6.08 Å². The van der Waals surface area contributed by atoms with E-state index in [1.54, 1.807) is 35.2 Å². The lowest BCUT2D eigenvalue weighted by Gasteiger charge is -2.34. The van der Waals surface area contributed by atoms with Gasteiger partial charge in [-0.25, -0.2) is 4.39 Å². The molecule has 1 amide bonds. The molecule has 0 aromatic heterocycles. The molecule has 0 saturated carbocycles. The van der Waals surface area contributed by atoms with E-state index in [0.717, 1.165) is 5.56 Å². The Bertz CT molecular complexity index is 830. The highest BCUT2D eigenvalue weighted by Gasteiger charge is 2.20. The van der Waals surface area contributed by atoms with E-state index in [9.17, 15) is 14.3 Å². The maximum atomic E-state index is 13.8. The normalized spacial score (nSPS) is 15.3. The smallest absolute Gasteiger partial charge is 0.246 e. The van der Waals surface area contributed by atoms with Gasteiger partial charge in [0.05, 0.1) is 7.11 Å². The zero-order valence-electron chi connectivity index (χ0n) is 15.3. The highest BCUT2D eigenvalue weighted by atomic mass is 19.1. The van der Waals surface area contributed by atoms with Crippen molar-refractivity contribution in [2.75, 3.05) is 33.3 Å². The van der Waals surface area contributed by atoms with Crippen LogP contribution in [0.15, 0.2) is 48.5 Å². The van der Waals surface area contributed by atoms with Crippen LogP contribution in [0, 0.1) is 5.82 Å². The molecule has 6 heteroatoms. The van der Waals surface area contributed by atoms with E-state index < -0.39 is 0 Å². The molecule has 1 aliphatic rings. The Labute approximate surface area is 158 Å². The molecule has 5 nitrogen and oxygen atoms in total. The maximum absolute atomic E-state index is 13.8. The third kappa shape index (κ3) is 4.86. The van der Waals surface area contributed by atoms with Crippen LogP contribution in [0.3, 0.4) is 0 Å². The molecule has 0 bridgehead atoms. The van der Waals surface area contributed by atoms with Crippen molar-refractivity contribution >= 4 is 12.0 Å². The molecule has 0 atom stereocenters. The summed E-state index contributed by atoms with van der Waals surface area (Å²) in [5.74, 6) is 0.175. The first-order chi connectivity index (χ1) is 13.1. The Morgan fingerprint density at radius 1 is 1.19 bits per heavy atom. The van der Waals surface area contributed by atoms with Crippen LogP contribution in [0.1, 0.15) is 11.1 Å². The highest BCUT2D eigenvalue weighted by molar-refractivity contribution is 5.92. The molecule has 1 fully saturated rings. The van der Waals surface area contributed by atoms with Gasteiger partial charge in [0.25, 0.3) is 0 Å². The second-order valence-electron chi connectivity index (χ2n) is 6.46. The minimum atomic E-state index is -0.191. The van der Waals surface area contributed by atoms with Crippen molar-refractivity contribution in [1.29, 1.82) is 0 Å². The number of rotatable bonds is 5. The minimum absolute atomic E-state index is 0.0620. The van der Waals surface area contributed by atoms with E-state index in [4.69, 9.17) is 4.74 Å². The number of halogens is 1. The number of amides is 1. The molecule has 1 heterocycles. The first-order valence-corrected chi connectivity index (χ1v) is 8.86. The van der Waals surface area contributed by atoms with Gasteiger partial charge in [-0.3, -0.25) is 9.69 Å². The van der Waals surface area contributed by atoms with Crippen LogP contribution < -0.4 is 4.74 Å². The monoisotopic (exact) mass is 370 g/mol. The number of phenolic OH excluding ortho intramolecular Hbond substituents is 1.